The molecule has 0 aliphatic carbocycles. The van der Waals surface area contributed by atoms with Crippen molar-refractivity contribution in [2.75, 3.05) is 13.2 Å². The van der Waals surface area contributed by atoms with Crippen LogP contribution in [0, 0.1) is 0 Å². The van der Waals surface area contributed by atoms with Gasteiger partial charge in [-0.15, -0.1) is 0 Å². The van der Waals surface area contributed by atoms with Crippen molar-refractivity contribution in [2.24, 2.45) is 0 Å². The van der Waals surface area contributed by atoms with Crippen LogP contribution < -0.4 is 0 Å². The van der Waals surface area contributed by atoms with Crippen LogP contribution in [0.1, 0.15) is 214 Å². The highest BCUT2D eigenvalue weighted by atomic mass is 16.6. The second kappa shape index (κ2) is 35.7. The number of hydrogen-bond donors (Lipinski definition) is 0. The van der Waals surface area contributed by atoms with Crippen LogP contribution in [0.2, 0.25) is 0 Å². The van der Waals surface area contributed by atoms with Crippen molar-refractivity contribution in [3.8, 4) is 0 Å². The third-order valence-electron chi connectivity index (χ3n) is 9.06. The Balaban J connectivity index is 3.70. The summed E-state index contributed by atoms with van der Waals surface area (Å²) in [6.45, 7) is 8.67. The van der Waals surface area contributed by atoms with Gasteiger partial charge in [0, 0.05) is 32.1 Å². The Morgan fingerprint density at radius 1 is 0.367 bits per heavy atom. The van der Waals surface area contributed by atoms with Gasteiger partial charge in [0.25, 0.3) is 0 Å². The second-order valence-corrected chi connectivity index (χ2v) is 13.7. The minimum absolute atomic E-state index is 0.0594. The Labute approximate surface area is 300 Å². The quantitative estimate of drug-likeness (QED) is 0.0362. The molecule has 0 amide bonds. The fourth-order valence-corrected chi connectivity index (χ4v) is 5.93. The highest BCUT2D eigenvalue weighted by Gasteiger charge is 2.14. The molecule has 0 rings (SSSR count). The standard InChI is InChI=1S/C41H76O8/c1-5-9-11-21-28-36(48-38(42)7-3)30-23-17-13-15-19-25-32-40(44)46-34-27-35-47-41(45)33-26-20-16-14-18-24-31-37(49-39(43)8-4)29-22-12-10-6-2/h36-37H,5-35H2,1-4H3. The Bertz CT molecular complexity index is 734. The van der Waals surface area contributed by atoms with Gasteiger partial charge in [-0.2, -0.15) is 0 Å². The Morgan fingerprint density at radius 3 is 1.00 bits per heavy atom. The van der Waals surface area contributed by atoms with Crippen LogP contribution >= 0.6 is 0 Å². The normalized spacial score (nSPS) is 12.3. The number of carbonyl (C=O) groups excluding carboxylic acids is 4. The van der Waals surface area contributed by atoms with Crippen molar-refractivity contribution < 1.29 is 38.1 Å². The van der Waals surface area contributed by atoms with E-state index in [-0.39, 0.29) is 49.3 Å². The van der Waals surface area contributed by atoms with Gasteiger partial charge in [-0.25, -0.2) is 0 Å². The van der Waals surface area contributed by atoms with Crippen molar-refractivity contribution >= 4 is 23.9 Å². The summed E-state index contributed by atoms with van der Waals surface area (Å²) in [5, 5.41) is 0. The average Bonchev–Trinajstić information content (AvgIpc) is 3.09. The van der Waals surface area contributed by atoms with E-state index in [4.69, 9.17) is 18.9 Å². The van der Waals surface area contributed by atoms with Crippen molar-refractivity contribution in [1.29, 1.82) is 0 Å². The summed E-state index contributed by atoms with van der Waals surface area (Å²) in [5.74, 6) is -0.548. The molecule has 0 radical (unpaired) electrons. The Hall–Kier alpha value is -2.12. The maximum absolute atomic E-state index is 12.0. The molecule has 0 heterocycles. The summed E-state index contributed by atoms with van der Waals surface area (Å²) < 4.78 is 21.9. The number of hydrogen-bond acceptors (Lipinski definition) is 8. The highest BCUT2D eigenvalue weighted by molar-refractivity contribution is 5.70. The molecule has 0 saturated heterocycles. The Morgan fingerprint density at radius 2 is 0.673 bits per heavy atom. The fraction of sp³-hybridized carbons (Fsp3) is 0.902. The van der Waals surface area contributed by atoms with Crippen molar-refractivity contribution in [2.45, 2.75) is 226 Å². The second-order valence-electron chi connectivity index (χ2n) is 13.7. The highest BCUT2D eigenvalue weighted by Crippen LogP contribution is 2.19. The number of ether oxygens (including phenoxy) is 4. The molecule has 0 spiro atoms. The van der Waals surface area contributed by atoms with E-state index in [1.807, 2.05) is 13.8 Å². The van der Waals surface area contributed by atoms with Gasteiger partial charge >= 0.3 is 23.9 Å². The van der Waals surface area contributed by atoms with E-state index < -0.39 is 0 Å². The van der Waals surface area contributed by atoms with E-state index in [0.717, 1.165) is 116 Å². The molecule has 2 unspecified atom stereocenters. The SMILES string of the molecule is CCCCCCC(CCCCCCCCC(=O)OCCCOC(=O)CCCCCCCCC(CCCCCC)OC(=O)CC)OC(=O)CC. The van der Waals surface area contributed by atoms with Gasteiger partial charge in [0.05, 0.1) is 13.2 Å². The van der Waals surface area contributed by atoms with Crippen molar-refractivity contribution in [3.63, 3.8) is 0 Å². The number of rotatable bonds is 36. The van der Waals surface area contributed by atoms with Crippen molar-refractivity contribution in [1.82, 2.24) is 0 Å². The molecular weight excluding hydrogens is 620 g/mol. The third kappa shape index (κ3) is 32.8. The summed E-state index contributed by atoms with van der Waals surface area (Å²) in [4.78, 5) is 47.5. The van der Waals surface area contributed by atoms with E-state index in [1.54, 1.807) is 0 Å². The van der Waals surface area contributed by atoms with Crippen molar-refractivity contribution in [3.05, 3.63) is 0 Å². The van der Waals surface area contributed by atoms with Gasteiger partial charge < -0.3 is 18.9 Å². The van der Waals surface area contributed by atoms with Crippen LogP contribution in [-0.4, -0.2) is 49.3 Å². The van der Waals surface area contributed by atoms with E-state index >= 15 is 0 Å². The van der Waals surface area contributed by atoms with Gasteiger partial charge in [0.1, 0.15) is 12.2 Å². The fourth-order valence-electron chi connectivity index (χ4n) is 5.93. The van der Waals surface area contributed by atoms with Gasteiger partial charge in [0.15, 0.2) is 0 Å². The first-order valence-electron chi connectivity index (χ1n) is 20.6. The topological polar surface area (TPSA) is 105 Å². The van der Waals surface area contributed by atoms with Crippen LogP contribution in [0.3, 0.4) is 0 Å². The largest absolute Gasteiger partial charge is 0.466 e. The molecule has 8 heteroatoms. The molecule has 49 heavy (non-hydrogen) atoms. The zero-order valence-corrected chi connectivity index (χ0v) is 32.3. The molecule has 0 aliphatic rings. The van der Waals surface area contributed by atoms with Crippen LogP contribution in [0.5, 0.6) is 0 Å². The van der Waals surface area contributed by atoms with Gasteiger partial charge in [-0.05, 0) is 64.2 Å². The Kier molecular flexibility index (Phi) is 34.2. The molecular formula is C41H76O8. The predicted octanol–water partition coefficient (Wildman–Crippen LogP) is 11.3. The molecule has 0 aliphatic heterocycles. The van der Waals surface area contributed by atoms with Crippen LogP contribution in [-0.2, 0) is 38.1 Å². The molecule has 0 fully saturated rings. The molecule has 0 aromatic carbocycles. The summed E-state index contributed by atoms with van der Waals surface area (Å²) >= 11 is 0. The molecule has 0 bridgehead atoms. The van der Waals surface area contributed by atoms with E-state index in [2.05, 4.69) is 13.8 Å². The minimum atomic E-state index is -0.181. The monoisotopic (exact) mass is 697 g/mol. The van der Waals surface area contributed by atoms with Crippen LogP contribution in [0.25, 0.3) is 0 Å². The minimum Gasteiger partial charge on any atom is -0.466 e. The van der Waals surface area contributed by atoms with E-state index in [1.165, 1.54) is 38.5 Å². The maximum Gasteiger partial charge on any atom is 0.305 e. The smallest absolute Gasteiger partial charge is 0.305 e. The molecule has 8 nitrogen and oxygen atoms in total. The summed E-state index contributed by atoms with van der Waals surface area (Å²) in [6, 6.07) is 0. The lowest BCUT2D eigenvalue weighted by Gasteiger charge is -2.17. The number of unbranched alkanes of at least 4 members (excludes halogenated alkanes) is 16. The third-order valence-corrected chi connectivity index (χ3v) is 9.06. The first-order valence-corrected chi connectivity index (χ1v) is 20.6. The first kappa shape index (κ1) is 46.9. The van der Waals surface area contributed by atoms with E-state index in [9.17, 15) is 19.2 Å². The molecule has 0 N–H and O–H groups in total. The lowest BCUT2D eigenvalue weighted by Crippen LogP contribution is -2.17. The lowest BCUT2D eigenvalue weighted by molar-refractivity contribution is -0.150. The molecule has 2 atom stereocenters. The summed E-state index contributed by atoms with van der Waals surface area (Å²) in [5.41, 5.74) is 0. The van der Waals surface area contributed by atoms with Crippen LogP contribution in [0.4, 0.5) is 0 Å². The number of carbonyl (C=O) groups is 4. The van der Waals surface area contributed by atoms with E-state index in [0.29, 0.717) is 32.1 Å². The first-order chi connectivity index (χ1) is 23.9. The van der Waals surface area contributed by atoms with Gasteiger partial charge in [0.2, 0.25) is 0 Å². The van der Waals surface area contributed by atoms with Crippen LogP contribution in [0.15, 0.2) is 0 Å². The lowest BCUT2D eigenvalue weighted by atomic mass is 10.0. The zero-order valence-electron chi connectivity index (χ0n) is 32.3. The molecule has 0 saturated carbocycles. The van der Waals surface area contributed by atoms with Gasteiger partial charge in [-0.3, -0.25) is 19.2 Å². The number of esters is 4. The summed E-state index contributed by atoms with van der Waals surface area (Å²) in [7, 11) is 0. The molecule has 0 aromatic rings. The molecule has 288 valence electrons. The predicted molar refractivity (Wildman–Crippen MR) is 198 cm³/mol. The summed E-state index contributed by atoms with van der Waals surface area (Å²) in [6.07, 6.45) is 28.3. The maximum atomic E-state index is 12.0. The zero-order chi connectivity index (χ0) is 36.2. The molecule has 0 aromatic heterocycles. The average molecular weight is 697 g/mol. The van der Waals surface area contributed by atoms with Gasteiger partial charge in [-0.1, -0.05) is 118 Å².